The van der Waals surface area contributed by atoms with E-state index in [2.05, 4.69) is 31.9 Å². The van der Waals surface area contributed by atoms with Crippen LogP contribution in [0.4, 0.5) is 0 Å². The summed E-state index contributed by atoms with van der Waals surface area (Å²) in [7, 11) is 1.64. The van der Waals surface area contributed by atoms with Gasteiger partial charge in [0, 0.05) is 8.95 Å². The SMILES string of the molecule is COc1ccc(C(O)c2ccc(Br)cc2Br)cc1C. The molecule has 0 bridgehead atoms. The van der Waals surface area contributed by atoms with Crippen LogP contribution in [0.25, 0.3) is 0 Å². The second-order valence-electron chi connectivity index (χ2n) is 4.30. The van der Waals surface area contributed by atoms with Gasteiger partial charge in [0.15, 0.2) is 0 Å². The molecule has 0 amide bonds. The van der Waals surface area contributed by atoms with Crippen molar-refractivity contribution in [2.24, 2.45) is 0 Å². The van der Waals surface area contributed by atoms with Crippen molar-refractivity contribution in [2.75, 3.05) is 7.11 Å². The molecule has 1 unspecified atom stereocenters. The molecule has 0 aromatic heterocycles. The first-order valence-electron chi connectivity index (χ1n) is 5.80. The van der Waals surface area contributed by atoms with Crippen molar-refractivity contribution in [1.82, 2.24) is 0 Å². The van der Waals surface area contributed by atoms with Gasteiger partial charge in [-0.2, -0.15) is 0 Å². The van der Waals surface area contributed by atoms with Gasteiger partial charge in [-0.15, -0.1) is 0 Å². The molecule has 1 N–H and O–H groups in total. The first-order chi connectivity index (χ1) is 9.02. The van der Waals surface area contributed by atoms with E-state index in [0.29, 0.717) is 0 Å². The van der Waals surface area contributed by atoms with E-state index in [-0.39, 0.29) is 0 Å². The van der Waals surface area contributed by atoms with Crippen molar-refractivity contribution >= 4 is 31.9 Å². The number of hydrogen-bond donors (Lipinski definition) is 1. The van der Waals surface area contributed by atoms with E-state index < -0.39 is 6.10 Å². The Morgan fingerprint density at radius 2 is 1.84 bits per heavy atom. The largest absolute Gasteiger partial charge is 0.496 e. The molecule has 0 saturated carbocycles. The molecule has 0 aliphatic carbocycles. The third kappa shape index (κ3) is 3.19. The van der Waals surface area contributed by atoms with Gasteiger partial charge in [-0.3, -0.25) is 0 Å². The quantitative estimate of drug-likeness (QED) is 0.835. The van der Waals surface area contributed by atoms with Gasteiger partial charge in [0.05, 0.1) is 7.11 Å². The van der Waals surface area contributed by atoms with Crippen molar-refractivity contribution in [3.05, 3.63) is 62.0 Å². The van der Waals surface area contributed by atoms with Crippen LogP contribution in [0.2, 0.25) is 0 Å². The highest BCUT2D eigenvalue weighted by Gasteiger charge is 2.15. The fraction of sp³-hybridized carbons (Fsp3) is 0.200. The third-order valence-electron chi connectivity index (χ3n) is 2.99. The summed E-state index contributed by atoms with van der Waals surface area (Å²) >= 11 is 6.88. The first-order valence-corrected chi connectivity index (χ1v) is 7.39. The molecule has 0 aliphatic heterocycles. The maximum Gasteiger partial charge on any atom is 0.121 e. The number of benzene rings is 2. The van der Waals surface area contributed by atoms with Gasteiger partial charge in [-0.25, -0.2) is 0 Å². The van der Waals surface area contributed by atoms with Crippen LogP contribution in [0.1, 0.15) is 22.8 Å². The lowest BCUT2D eigenvalue weighted by atomic mass is 10.00. The van der Waals surface area contributed by atoms with E-state index in [1.165, 1.54) is 0 Å². The molecule has 0 spiro atoms. The molecular formula is C15H14Br2O2. The van der Waals surface area contributed by atoms with E-state index in [1.54, 1.807) is 7.11 Å². The Bertz CT molecular complexity index is 597. The van der Waals surface area contributed by atoms with Crippen LogP contribution in [-0.2, 0) is 0 Å². The van der Waals surface area contributed by atoms with Gasteiger partial charge >= 0.3 is 0 Å². The Labute approximate surface area is 129 Å². The summed E-state index contributed by atoms with van der Waals surface area (Å²) in [5.41, 5.74) is 2.70. The van der Waals surface area contributed by atoms with Crippen LogP contribution >= 0.6 is 31.9 Å². The van der Waals surface area contributed by atoms with Gasteiger partial charge < -0.3 is 9.84 Å². The van der Waals surface area contributed by atoms with Crippen molar-refractivity contribution < 1.29 is 9.84 Å². The Morgan fingerprint density at radius 3 is 2.42 bits per heavy atom. The number of rotatable bonds is 3. The first kappa shape index (κ1) is 14.6. The summed E-state index contributed by atoms with van der Waals surface area (Å²) in [6, 6.07) is 11.4. The van der Waals surface area contributed by atoms with Gasteiger partial charge in [-0.1, -0.05) is 44.0 Å². The number of methoxy groups -OCH3 is 1. The second kappa shape index (κ2) is 6.07. The minimum atomic E-state index is -0.660. The Hall–Kier alpha value is -0.840. The molecule has 2 aromatic rings. The van der Waals surface area contributed by atoms with Gasteiger partial charge in [0.25, 0.3) is 0 Å². The van der Waals surface area contributed by atoms with Gasteiger partial charge in [-0.05, 0) is 47.9 Å². The van der Waals surface area contributed by atoms with Crippen LogP contribution < -0.4 is 4.74 Å². The molecule has 100 valence electrons. The predicted molar refractivity (Wildman–Crippen MR) is 83.6 cm³/mol. The minimum Gasteiger partial charge on any atom is -0.496 e. The molecule has 4 heteroatoms. The fourth-order valence-electron chi connectivity index (χ4n) is 1.97. The van der Waals surface area contributed by atoms with Gasteiger partial charge in [0.2, 0.25) is 0 Å². The summed E-state index contributed by atoms with van der Waals surface area (Å²) in [5.74, 6) is 0.825. The average molecular weight is 386 g/mol. The number of aliphatic hydroxyl groups excluding tert-OH is 1. The second-order valence-corrected chi connectivity index (χ2v) is 6.07. The number of ether oxygens (including phenoxy) is 1. The standard InChI is InChI=1S/C15H14Br2O2/c1-9-7-10(3-6-14(9)19-2)15(18)12-5-4-11(16)8-13(12)17/h3-8,15,18H,1-2H3. The van der Waals surface area contributed by atoms with Crippen molar-refractivity contribution in [3.63, 3.8) is 0 Å². The maximum atomic E-state index is 10.5. The summed E-state index contributed by atoms with van der Waals surface area (Å²) in [4.78, 5) is 0. The Balaban J connectivity index is 2.38. The summed E-state index contributed by atoms with van der Waals surface area (Å²) in [6.45, 7) is 1.96. The van der Waals surface area contributed by atoms with Crippen molar-refractivity contribution in [1.29, 1.82) is 0 Å². The molecular weight excluding hydrogens is 372 g/mol. The molecule has 1 atom stereocenters. The molecule has 0 heterocycles. The number of hydrogen-bond acceptors (Lipinski definition) is 2. The highest BCUT2D eigenvalue weighted by Crippen LogP contribution is 2.32. The minimum absolute atomic E-state index is 0.660. The Morgan fingerprint density at radius 1 is 1.11 bits per heavy atom. The van der Waals surface area contributed by atoms with E-state index in [0.717, 1.165) is 31.4 Å². The lowest BCUT2D eigenvalue weighted by Gasteiger charge is -2.15. The predicted octanol–water partition coefficient (Wildman–Crippen LogP) is 4.61. The monoisotopic (exact) mass is 384 g/mol. The zero-order valence-electron chi connectivity index (χ0n) is 10.7. The van der Waals surface area contributed by atoms with E-state index in [1.807, 2.05) is 43.3 Å². The van der Waals surface area contributed by atoms with Crippen LogP contribution in [0.3, 0.4) is 0 Å². The highest BCUT2D eigenvalue weighted by molar-refractivity contribution is 9.11. The number of halogens is 2. The average Bonchev–Trinajstić information content (AvgIpc) is 2.38. The highest BCUT2D eigenvalue weighted by atomic mass is 79.9. The molecule has 0 radical (unpaired) electrons. The van der Waals surface area contributed by atoms with Crippen LogP contribution in [0, 0.1) is 6.92 Å². The molecule has 0 fully saturated rings. The number of aliphatic hydroxyl groups is 1. The number of aryl methyl sites for hydroxylation is 1. The van der Waals surface area contributed by atoms with E-state index in [4.69, 9.17) is 4.74 Å². The molecule has 2 nitrogen and oxygen atoms in total. The normalized spacial score (nSPS) is 12.3. The third-order valence-corrected chi connectivity index (χ3v) is 4.17. The zero-order valence-corrected chi connectivity index (χ0v) is 13.8. The topological polar surface area (TPSA) is 29.5 Å². The summed E-state index contributed by atoms with van der Waals surface area (Å²) < 4.78 is 7.08. The lowest BCUT2D eigenvalue weighted by Crippen LogP contribution is -2.01. The fourth-order valence-corrected chi connectivity index (χ4v) is 3.24. The van der Waals surface area contributed by atoms with Crippen LogP contribution in [0.5, 0.6) is 5.75 Å². The molecule has 0 aliphatic rings. The van der Waals surface area contributed by atoms with Crippen molar-refractivity contribution in [2.45, 2.75) is 13.0 Å². The molecule has 2 rings (SSSR count). The van der Waals surface area contributed by atoms with Gasteiger partial charge in [0.1, 0.15) is 11.9 Å². The van der Waals surface area contributed by atoms with E-state index in [9.17, 15) is 5.11 Å². The Kier molecular flexibility index (Phi) is 4.66. The van der Waals surface area contributed by atoms with E-state index >= 15 is 0 Å². The van der Waals surface area contributed by atoms with Crippen molar-refractivity contribution in [3.8, 4) is 5.75 Å². The zero-order chi connectivity index (χ0) is 14.0. The lowest BCUT2D eigenvalue weighted by molar-refractivity contribution is 0.219. The smallest absolute Gasteiger partial charge is 0.121 e. The van der Waals surface area contributed by atoms with Crippen LogP contribution in [-0.4, -0.2) is 12.2 Å². The molecule has 2 aromatic carbocycles. The molecule has 0 saturated heterocycles. The maximum absolute atomic E-state index is 10.5. The summed E-state index contributed by atoms with van der Waals surface area (Å²) in [6.07, 6.45) is -0.660. The van der Waals surface area contributed by atoms with Crippen LogP contribution in [0.15, 0.2) is 45.3 Å². The molecule has 19 heavy (non-hydrogen) atoms. The summed E-state index contributed by atoms with van der Waals surface area (Å²) in [5, 5.41) is 10.5.